The van der Waals surface area contributed by atoms with Crippen molar-refractivity contribution in [2.75, 3.05) is 13.1 Å². The van der Waals surface area contributed by atoms with E-state index in [1.54, 1.807) is 0 Å². The van der Waals surface area contributed by atoms with Gasteiger partial charge in [-0.25, -0.2) is 0 Å². The second kappa shape index (κ2) is 5.02. The molecule has 2 aromatic rings. The van der Waals surface area contributed by atoms with E-state index in [4.69, 9.17) is 0 Å². The van der Waals surface area contributed by atoms with Crippen LogP contribution in [0, 0.1) is 5.92 Å². The lowest BCUT2D eigenvalue weighted by Crippen LogP contribution is -2.30. The molecule has 18 heavy (non-hydrogen) atoms. The smallest absolute Gasteiger partial charge is 0.136 e. The number of aromatic nitrogens is 2. The third-order valence-corrected chi connectivity index (χ3v) is 4.38. The Balaban J connectivity index is 1.95. The Morgan fingerprint density at radius 2 is 2.39 bits per heavy atom. The van der Waals surface area contributed by atoms with Gasteiger partial charge in [0.1, 0.15) is 4.60 Å². The molecule has 1 saturated heterocycles. The molecule has 1 fully saturated rings. The van der Waals surface area contributed by atoms with Crippen molar-refractivity contribution in [1.29, 1.82) is 0 Å². The van der Waals surface area contributed by atoms with E-state index in [2.05, 4.69) is 44.5 Å². The Morgan fingerprint density at radius 1 is 1.50 bits per heavy atom. The Hall–Kier alpha value is -0.870. The van der Waals surface area contributed by atoms with Crippen LogP contribution < -0.4 is 5.32 Å². The molecular weight excluding hydrogens is 290 g/mol. The summed E-state index contributed by atoms with van der Waals surface area (Å²) in [7, 11) is 2.00. The number of halogens is 1. The van der Waals surface area contributed by atoms with Gasteiger partial charge in [-0.1, -0.05) is 12.1 Å². The molecule has 0 saturated carbocycles. The highest BCUT2D eigenvalue weighted by molar-refractivity contribution is 9.10. The van der Waals surface area contributed by atoms with Crippen LogP contribution >= 0.6 is 15.9 Å². The third kappa shape index (κ3) is 2.19. The molecule has 0 radical (unpaired) electrons. The summed E-state index contributed by atoms with van der Waals surface area (Å²) in [5, 5.41) is 9.23. The van der Waals surface area contributed by atoms with E-state index in [1.807, 2.05) is 11.7 Å². The fraction of sp³-hybridized carbons (Fsp3) is 0.500. The van der Waals surface area contributed by atoms with Crippen LogP contribution in [0.15, 0.2) is 22.8 Å². The van der Waals surface area contributed by atoms with Gasteiger partial charge in [0.2, 0.25) is 0 Å². The Labute approximate surface area is 116 Å². The van der Waals surface area contributed by atoms with Crippen molar-refractivity contribution in [1.82, 2.24) is 15.1 Å². The molecule has 3 rings (SSSR count). The monoisotopic (exact) mass is 307 g/mol. The zero-order valence-corrected chi connectivity index (χ0v) is 12.2. The maximum atomic E-state index is 4.46. The van der Waals surface area contributed by atoms with Crippen LogP contribution in [0.4, 0.5) is 0 Å². The number of piperidine rings is 1. The van der Waals surface area contributed by atoms with Crippen LogP contribution in [-0.2, 0) is 13.5 Å². The van der Waals surface area contributed by atoms with E-state index in [-0.39, 0.29) is 0 Å². The molecule has 0 bridgehead atoms. The van der Waals surface area contributed by atoms with E-state index < -0.39 is 0 Å². The van der Waals surface area contributed by atoms with Gasteiger partial charge < -0.3 is 5.32 Å². The number of benzene rings is 1. The minimum atomic E-state index is 0.761. The maximum absolute atomic E-state index is 4.46. The van der Waals surface area contributed by atoms with E-state index in [0.717, 1.165) is 23.5 Å². The summed E-state index contributed by atoms with van der Waals surface area (Å²) >= 11 is 3.59. The van der Waals surface area contributed by atoms with Crippen molar-refractivity contribution in [3.63, 3.8) is 0 Å². The molecule has 1 aromatic carbocycles. The number of nitrogens with zero attached hydrogens (tertiary/aromatic N) is 2. The Kier molecular flexibility index (Phi) is 3.39. The fourth-order valence-corrected chi connectivity index (χ4v) is 3.60. The van der Waals surface area contributed by atoms with Crippen molar-refractivity contribution >= 4 is 26.8 Å². The molecule has 3 nitrogen and oxygen atoms in total. The largest absolute Gasteiger partial charge is 0.316 e. The molecule has 0 spiro atoms. The molecule has 1 atom stereocenters. The summed E-state index contributed by atoms with van der Waals surface area (Å²) in [5.41, 5.74) is 2.63. The first-order chi connectivity index (χ1) is 8.75. The van der Waals surface area contributed by atoms with Gasteiger partial charge in [0.25, 0.3) is 0 Å². The molecular formula is C14H18BrN3. The zero-order chi connectivity index (χ0) is 12.5. The highest BCUT2D eigenvalue weighted by Gasteiger charge is 2.17. The van der Waals surface area contributed by atoms with E-state index in [0.29, 0.717) is 0 Å². The van der Waals surface area contributed by atoms with Crippen LogP contribution in [-0.4, -0.2) is 22.9 Å². The lowest BCUT2D eigenvalue weighted by molar-refractivity contribution is 0.377. The van der Waals surface area contributed by atoms with Gasteiger partial charge >= 0.3 is 0 Å². The number of hydrogen-bond acceptors (Lipinski definition) is 2. The number of rotatable bonds is 2. The fourth-order valence-electron chi connectivity index (χ4n) is 2.91. The van der Waals surface area contributed by atoms with Gasteiger partial charge in [-0.15, -0.1) is 0 Å². The summed E-state index contributed by atoms with van der Waals surface area (Å²) in [4.78, 5) is 0. The lowest BCUT2D eigenvalue weighted by Gasteiger charge is -2.23. The van der Waals surface area contributed by atoms with Gasteiger partial charge in [-0.3, -0.25) is 4.68 Å². The Bertz CT molecular complexity index is 555. The second-order valence-corrected chi connectivity index (χ2v) is 5.89. The Morgan fingerprint density at radius 3 is 3.17 bits per heavy atom. The van der Waals surface area contributed by atoms with Gasteiger partial charge in [-0.05, 0) is 65.8 Å². The topological polar surface area (TPSA) is 29.9 Å². The molecule has 0 aliphatic carbocycles. The molecule has 1 N–H and O–H groups in total. The summed E-state index contributed by atoms with van der Waals surface area (Å²) in [6.07, 6.45) is 3.78. The number of fused-ring (bicyclic) bond motifs is 1. The summed E-state index contributed by atoms with van der Waals surface area (Å²) in [6, 6.07) is 6.52. The molecule has 0 amide bonds. The van der Waals surface area contributed by atoms with Crippen molar-refractivity contribution < 1.29 is 0 Å². The predicted octanol–water partition coefficient (Wildman–Crippen LogP) is 2.88. The zero-order valence-electron chi connectivity index (χ0n) is 10.6. The highest BCUT2D eigenvalue weighted by atomic mass is 79.9. The van der Waals surface area contributed by atoms with Crippen molar-refractivity contribution in [2.24, 2.45) is 13.0 Å². The summed E-state index contributed by atoms with van der Waals surface area (Å²) in [5.74, 6) is 0.761. The van der Waals surface area contributed by atoms with Crippen molar-refractivity contribution in [3.8, 4) is 0 Å². The van der Waals surface area contributed by atoms with Crippen LogP contribution in [0.5, 0.6) is 0 Å². The van der Waals surface area contributed by atoms with E-state index in [9.17, 15) is 0 Å². The molecule has 4 heteroatoms. The van der Waals surface area contributed by atoms with Crippen molar-refractivity contribution in [3.05, 3.63) is 28.4 Å². The van der Waals surface area contributed by atoms with Gasteiger partial charge in [-0.2, -0.15) is 5.10 Å². The summed E-state index contributed by atoms with van der Waals surface area (Å²) < 4.78 is 2.92. The normalized spacial score (nSPS) is 20.4. The van der Waals surface area contributed by atoms with Crippen molar-refractivity contribution in [2.45, 2.75) is 19.3 Å². The number of nitrogens with one attached hydrogen (secondary N) is 1. The lowest BCUT2D eigenvalue weighted by atomic mass is 9.91. The van der Waals surface area contributed by atoms with E-state index >= 15 is 0 Å². The van der Waals surface area contributed by atoms with Gasteiger partial charge in [0, 0.05) is 12.4 Å². The van der Waals surface area contributed by atoms with Crippen LogP contribution in [0.1, 0.15) is 18.4 Å². The average molecular weight is 308 g/mol. The standard InChI is InChI=1S/C14H18BrN3/c1-18-12-6-2-5-11(13(12)14(15)17-18)8-10-4-3-7-16-9-10/h2,5-6,10,16H,3-4,7-9H2,1H3. The first kappa shape index (κ1) is 12.2. The maximum Gasteiger partial charge on any atom is 0.136 e. The molecule has 96 valence electrons. The predicted molar refractivity (Wildman–Crippen MR) is 77.7 cm³/mol. The number of hydrogen-bond donors (Lipinski definition) is 1. The van der Waals surface area contributed by atoms with E-state index in [1.165, 1.54) is 35.9 Å². The first-order valence-corrected chi connectivity index (χ1v) is 7.36. The average Bonchev–Trinajstić information content (AvgIpc) is 2.67. The molecule has 2 heterocycles. The minimum Gasteiger partial charge on any atom is -0.316 e. The molecule has 1 aliphatic rings. The third-order valence-electron chi connectivity index (χ3n) is 3.83. The SMILES string of the molecule is Cn1nc(Br)c2c(CC3CCCNC3)cccc21. The number of aryl methyl sites for hydroxylation is 1. The minimum absolute atomic E-state index is 0.761. The molecule has 1 aliphatic heterocycles. The van der Waals surface area contributed by atoms with Crippen LogP contribution in [0.3, 0.4) is 0 Å². The quantitative estimate of drug-likeness (QED) is 0.924. The summed E-state index contributed by atoms with van der Waals surface area (Å²) in [6.45, 7) is 2.32. The van der Waals surface area contributed by atoms with Crippen LogP contribution in [0.25, 0.3) is 10.9 Å². The first-order valence-electron chi connectivity index (χ1n) is 6.56. The second-order valence-electron chi connectivity index (χ2n) is 5.14. The molecule has 1 unspecified atom stereocenters. The van der Waals surface area contributed by atoms with Gasteiger partial charge in [0.15, 0.2) is 0 Å². The van der Waals surface area contributed by atoms with Crippen LogP contribution in [0.2, 0.25) is 0 Å². The van der Waals surface area contributed by atoms with Gasteiger partial charge in [0.05, 0.1) is 5.52 Å². The highest BCUT2D eigenvalue weighted by Crippen LogP contribution is 2.29. The molecule has 1 aromatic heterocycles.